The van der Waals surface area contributed by atoms with Crippen LogP contribution in [0.1, 0.15) is 52.8 Å². The Morgan fingerprint density at radius 2 is 1.74 bits per heavy atom. The number of pyridine rings is 1. The lowest BCUT2D eigenvalue weighted by Gasteiger charge is -2.41. The molecule has 2 aliphatic rings. The lowest BCUT2D eigenvalue weighted by atomic mass is 9.94. The molecule has 2 N–H and O–H groups in total. The Bertz CT molecular complexity index is 1250. The van der Waals surface area contributed by atoms with Gasteiger partial charge in [-0.15, -0.1) is 0 Å². The van der Waals surface area contributed by atoms with Crippen LogP contribution in [0.3, 0.4) is 0 Å². The van der Waals surface area contributed by atoms with Crippen molar-refractivity contribution in [1.29, 1.82) is 0 Å². The van der Waals surface area contributed by atoms with Gasteiger partial charge in [0.15, 0.2) is 0 Å². The number of nitrogens with one attached hydrogen (secondary N) is 1. The second-order valence-corrected chi connectivity index (χ2v) is 9.78. The highest BCUT2D eigenvalue weighted by atomic mass is 35.5. The van der Waals surface area contributed by atoms with E-state index in [1.807, 2.05) is 0 Å². The molecule has 182 valence electrons. The molecule has 0 bridgehead atoms. The minimum Gasteiger partial charge on any atom is -0.478 e. The van der Waals surface area contributed by atoms with E-state index in [1.165, 1.54) is 32.1 Å². The molecule has 1 saturated heterocycles. The number of fused-ring (bicyclic) bond motifs is 1. The molecule has 1 aromatic heterocycles. The fourth-order valence-corrected chi connectivity index (χ4v) is 5.41. The van der Waals surface area contributed by atoms with Crippen molar-refractivity contribution in [3.05, 3.63) is 64.7 Å². The average Bonchev–Trinajstić information content (AvgIpc) is 2.88. The minimum absolute atomic E-state index is 0.179. The van der Waals surface area contributed by atoms with Crippen molar-refractivity contribution in [1.82, 2.24) is 9.88 Å². The number of halogens is 1. The lowest BCUT2D eigenvalue weighted by molar-refractivity contribution is 0.0698. The Labute approximate surface area is 209 Å². The minimum atomic E-state index is -1.02. The summed E-state index contributed by atoms with van der Waals surface area (Å²) in [4.78, 5) is 34.3. The van der Waals surface area contributed by atoms with Crippen LogP contribution in [0.25, 0.3) is 10.9 Å². The van der Waals surface area contributed by atoms with E-state index in [4.69, 9.17) is 16.6 Å². The van der Waals surface area contributed by atoms with Crippen molar-refractivity contribution >= 4 is 45.9 Å². The van der Waals surface area contributed by atoms with E-state index in [-0.39, 0.29) is 11.5 Å². The number of aromatic nitrogens is 1. The van der Waals surface area contributed by atoms with Crippen LogP contribution in [-0.2, 0) is 0 Å². The van der Waals surface area contributed by atoms with Crippen LogP contribution in [0.15, 0.2) is 48.5 Å². The van der Waals surface area contributed by atoms with E-state index < -0.39 is 5.97 Å². The van der Waals surface area contributed by atoms with Crippen LogP contribution in [0.4, 0.5) is 11.5 Å². The monoisotopic (exact) mass is 492 g/mol. The van der Waals surface area contributed by atoms with Crippen molar-refractivity contribution in [2.75, 3.05) is 36.4 Å². The third-order valence-corrected chi connectivity index (χ3v) is 7.33. The van der Waals surface area contributed by atoms with Crippen LogP contribution >= 0.6 is 11.6 Å². The SMILES string of the molecule is O=C(Nc1ccc2nc(N3CCN(C4CCCCC4)CC3)cc(C(=O)O)c2c1)c1cccc(Cl)c1. The number of nitrogens with zero attached hydrogens (tertiary/aromatic N) is 3. The summed E-state index contributed by atoms with van der Waals surface area (Å²) < 4.78 is 0. The standard InChI is InChI=1S/C27H29ClN4O3/c28-19-6-4-5-18(15-19)26(33)29-20-9-10-24-22(16-20)23(27(34)35)17-25(30-24)32-13-11-31(12-14-32)21-7-2-1-3-8-21/h4-6,9-10,15-17,21H,1-3,7-8,11-14H2,(H,29,33)(H,34,35). The van der Waals surface area contributed by atoms with E-state index in [0.29, 0.717) is 39.0 Å². The summed E-state index contributed by atoms with van der Waals surface area (Å²) in [6.07, 6.45) is 6.56. The fraction of sp³-hybridized carbons (Fsp3) is 0.370. The average molecular weight is 493 g/mol. The second-order valence-electron chi connectivity index (χ2n) is 9.34. The van der Waals surface area contributed by atoms with E-state index in [1.54, 1.807) is 48.5 Å². The molecule has 1 amide bonds. The largest absolute Gasteiger partial charge is 0.478 e. The van der Waals surface area contributed by atoms with Crippen molar-refractivity contribution in [3.8, 4) is 0 Å². The number of hydrogen-bond donors (Lipinski definition) is 2. The maximum atomic E-state index is 12.6. The summed E-state index contributed by atoms with van der Waals surface area (Å²) >= 11 is 5.99. The number of carboxylic acid groups (broad SMARTS) is 1. The summed E-state index contributed by atoms with van der Waals surface area (Å²) in [5.41, 5.74) is 1.70. The topological polar surface area (TPSA) is 85.8 Å². The molecule has 0 atom stereocenters. The first-order valence-corrected chi connectivity index (χ1v) is 12.6. The molecule has 35 heavy (non-hydrogen) atoms. The molecule has 8 heteroatoms. The molecule has 1 aliphatic carbocycles. The van der Waals surface area contributed by atoms with Crippen molar-refractivity contribution in [3.63, 3.8) is 0 Å². The Hall–Kier alpha value is -3.16. The van der Waals surface area contributed by atoms with Crippen LogP contribution in [0, 0.1) is 0 Å². The van der Waals surface area contributed by atoms with Gasteiger partial charge in [0.1, 0.15) is 5.82 Å². The van der Waals surface area contributed by atoms with Gasteiger partial charge in [-0.25, -0.2) is 9.78 Å². The summed E-state index contributed by atoms with van der Waals surface area (Å²) in [5, 5.41) is 13.7. The predicted molar refractivity (Wildman–Crippen MR) is 139 cm³/mol. The van der Waals surface area contributed by atoms with Crippen molar-refractivity contribution < 1.29 is 14.7 Å². The molecule has 0 radical (unpaired) electrons. The van der Waals surface area contributed by atoms with Crippen molar-refractivity contribution in [2.45, 2.75) is 38.1 Å². The number of anilines is 2. The number of rotatable bonds is 5. The highest BCUT2D eigenvalue weighted by Crippen LogP contribution is 2.28. The Morgan fingerprint density at radius 1 is 0.971 bits per heavy atom. The smallest absolute Gasteiger partial charge is 0.336 e. The summed E-state index contributed by atoms with van der Waals surface area (Å²) in [7, 11) is 0. The summed E-state index contributed by atoms with van der Waals surface area (Å²) in [6.45, 7) is 3.62. The molecule has 7 nitrogen and oxygen atoms in total. The number of benzene rings is 2. The number of amides is 1. The molecule has 0 spiro atoms. The van der Waals surface area contributed by atoms with Gasteiger partial charge in [0.25, 0.3) is 5.91 Å². The first kappa shape index (κ1) is 23.6. The molecule has 0 unspecified atom stereocenters. The van der Waals surface area contributed by atoms with Gasteiger partial charge < -0.3 is 15.3 Å². The zero-order valence-corrected chi connectivity index (χ0v) is 20.3. The summed E-state index contributed by atoms with van der Waals surface area (Å²) in [5.74, 6) is -0.643. The van der Waals surface area contributed by atoms with Crippen LogP contribution in [0.5, 0.6) is 0 Å². The van der Waals surface area contributed by atoms with Gasteiger partial charge >= 0.3 is 5.97 Å². The van der Waals surface area contributed by atoms with Gasteiger partial charge in [0.2, 0.25) is 0 Å². The highest BCUT2D eigenvalue weighted by Gasteiger charge is 2.26. The molecular weight excluding hydrogens is 464 g/mol. The molecule has 3 aromatic rings. The third kappa shape index (κ3) is 5.26. The van der Waals surface area contributed by atoms with Gasteiger partial charge in [-0.05, 0) is 55.3 Å². The van der Waals surface area contributed by atoms with E-state index in [0.717, 1.165) is 26.2 Å². The number of hydrogen-bond acceptors (Lipinski definition) is 5. The maximum Gasteiger partial charge on any atom is 0.336 e. The zero-order valence-electron chi connectivity index (χ0n) is 19.5. The number of aromatic carboxylic acids is 1. The molecule has 5 rings (SSSR count). The van der Waals surface area contributed by atoms with Crippen LogP contribution in [0.2, 0.25) is 5.02 Å². The fourth-order valence-electron chi connectivity index (χ4n) is 5.22. The van der Waals surface area contributed by atoms with E-state index in [2.05, 4.69) is 15.1 Å². The van der Waals surface area contributed by atoms with E-state index in [9.17, 15) is 14.7 Å². The Balaban J connectivity index is 1.36. The quantitative estimate of drug-likeness (QED) is 0.503. The molecule has 2 fully saturated rings. The van der Waals surface area contributed by atoms with Crippen LogP contribution < -0.4 is 10.2 Å². The number of carboxylic acids is 1. The molecule has 1 saturated carbocycles. The molecule has 1 aliphatic heterocycles. The van der Waals surface area contributed by atoms with Gasteiger partial charge in [-0.1, -0.05) is 36.9 Å². The number of carbonyl (C=O) groups excluding carboxylic acids is 1. The molecule has 2 aromatic carbocycles. The molecule has 2 heterocycles. The highest BCUT2D eigenvalue weighted by molar-refractivity contribution is 6.31. The van der Waals surface area contributed by atoms with Crippen molar-refractivity contribution in [2.24, 2.45) is 0 Å². The van der Waals surface area contributed by atoms with E-state index >= 15 is 0 Å². The zero-order chi connectivity index (χ0) is 24.4. The first-order chi connectivity index (χ1) is 17.0. The Morgan fingerprint density at radius 3 is 2.46 bits per heavy atom. The second kappa shape index (κ2) is 10.2. The third-order valence-electron chi connectivity index (χ3n) is 7.10. The van der Waals surface area contributed by atoms with Gasteiger partial charge in [-0.2, -0.15) is 0 Å². The lowest BCUT2D eigenvalue weighted by Crippen LogP contribution is -2.51. The first-order valence-electron chi connectivity index (χ1n) is 12.2. The number of piperazine rings is 1. The summed E-state index contributed by atoms with van der Waals surface area (Å²) in [6, 6.07) is 14.2. The van der Waals surface area contributed by atoms with Gasteiger partial charge in [0.05, 0.1) is 11.1 Å². The van der Waals surface area contributed by atoms with Gasteiger partial charge in [0, 0.05) is 53.9 Å². The number of carbonyl (C=O) groups is 2. The molecular formula is C27H29ClN4O3. The Kier molecular flexibility index (Phi) is 6.88. The normalized spacial score (nSPS) is 17.5. The van der Waals surface area contributed by atoms with Crippen LogP contribution in [-0.4, -0.2) is 59.1 Å². The maximum absolute atomic E-state index is 12.6. The van der Waals surface area contributed by atoms with Gasteiger partial charge in [-0.3, -0.25) is 9.69 Å². The predicted octanol–water partition coefficient (Wildman–Crippen LogP) is 5.29.